The number of phenols is 1. The number of phenolic OH excluding ortho intramolecular Hbond substituents is 1. The van der Waals surface area contributed by atoms with Crippen LogP contribution in [0.4, 0.5) is 0 Å². The molecule has 0 aliphatic carbocycles. The van der Waals surface area contributed by atoms with E-state index in [4.69, 9.17) is 11.5 Å². The summed E-state index contributed by atoms with van der Waals surface area (Å²) in [5, 5.41) is 87.9. The number of nitrogens with two attached hydrogens (primary N) is 2. The fraction of sp³-hybridized carbons (Fsp3) is 0.569. The Labute approximate surface area is 570 Å². The van der Waals surface area contributed by atoms with Crippen LogP contribution in [0.15, 0.2) is 24.3 Å². The number of amides is 15. The van der Waals surface area contributed by atoms with Crippen molar-refractivity contribution in [3.05, 3.63) is 29.8 Å². The summed E-state index contributed by atoms with van der Waals surface area (Å²) in [5.74, 6) is -24.4. The van der Waals surface area contributed by atoms with Crippen LogP contribution in [0.3, 0.4) is 0 Å². The summed E-state index contributed by atoms with van der Waals surface area (Å²) < 4.78 is 0. The lowest BCUT2D eigenvalue weighted by atomic mass is 10.0. The number of nitrogens with one attached hydrogen (secondary N) is 13. The maximum atomic E-state index is 13.9. The van der Waals surface area contributed by atoms with Gasteiger partial charge < -0.3 is 111 Å². The van der Waals surface area contributed by atoms with Crippen molar-refractivity contribution < 1.29 is 122 Å². The lowest BCUT2D eigenvalue weighted by molar-refractivity contribution is -0.142. The summed E-state index contributed by atoms with van der Waals surface area (Å²) in [6, 6.07) is -14.1. The Hall–Kier alpha value is -10.7. The molecule has 15 amide bonds. The third-order valence-corrected chi connectivity index (χ3v) is 14.3. The lowest BCUT2D eigenvalue weighted by Crippen LogP contribution is -2.62. The Kier molecular flexibility index (Phi) is 37.9. The topological polar surface area (TPSA) is 654 Å². The molecule has 99 heavy (non-hydrogen) atoms. The normalized spacial score (nSPS) is 14.5. The molecule has 0 saturated heterocycles. The molecule has 0 spiro atoms. The first-order chi connectivity index (χ1) is 46.1. The van der Waals surface area contributed by atoms with Crippen LogP contribution in [0, 0.1) is 5.92 Å². The minimum atomic E-state index is -2.17. The van der Waals surface area contributed by atoms with Crippen molar-refractivity contribution in [1.82, 2.24) is 69.1 Å². The van der Waals surface area contributed by atoms with Crippen molar-refractivity contribution in [2.75, 3.05) is 18.8 Å². The highest BCUT2D eigenvalue weighted by molar-refractivity contribution is 7.80. The lowest BCUT2D eigenvalue weighted by Gasteiger charge is -2.29. The molecule has 1 aromatic rings. The Morgan fingerprint density at radius 3 is 1.28 bits per heavy atom. The molecule has 1 rings (SSSR count). The summed E-state index contributed by atoms with van der Waals surface area (Å²) in [4.78, 5) is 243. The van der Waals surface area contributed by atoms with Crippen LogP contribution in [0.1, 0.15) is 111 Å². The average molecular weight is 1430 g/mol. The minimum Gasteiger partial charge on any atom is -0.508 e. The van der Waals surface area contributed by atoms with Crippen LogP contribution in [0.25, 0.3) is 0 Å². The molecular weight excluding hydrogens is 1340 g/mol. The van der Waals surface area contributed by atoms with Crippen molar-refractivity contribution >= 4 is 125 Å². The number of primary amides is 2. The molecule has 0 unspecified atom stereocenters. The van der Waals surface area contributed by atoms with Gasteiger partial charge in [0.25, 0.3) is 0 Å². The van der Waals surface area contributed by atoms with Crippen LogP contribution in [0.2, 0.25) is 0 Å². The largest absolute Gasteiger partial charge is 0.508 e. The number of carboxylic acids is 4. The number of aliphatic hydroxyl groups is 1. The summed E-state index contributed by atoms with van der Waals surface area (Å²) in [7, 11) is 0. The number of carbonyl (C=O) groups is 19. The summed E-state index contributed by atoms with van der Waals surface area (Å²) in [5.41, 5.74) is 11.2. The number of hydrogen-bond acceptors (Lipinski definition) is 22. The Balaban J connectivity index is 3.36. The second kappa shape index (κ2) is 43.4. The molecule has 23 N–H and O–H groups in total. The Morgan fingerprint density at radius 2 is 0.848 bits per heavy atom. The first-order valence-corrected chi connectivity index (χ1v) is 31.1. The van der Waals surface area contributed by atoms with Crippen LogP contribution in [-0.4, -0.2) is 235 Å². The molecule has 41 heteroatoms. The highest BCUT2D eigenvalue weighted by Crippen LogP contribution is 2.14. The molecule has 0 bridgehead atoms. The van der Waals surface area contributed by atoms with Crippen LogP contribution in [0.5, 0.6) is 5.75 Å². The van der Waals surface area contributed by atoms with E-state index in [1.165, 1.54) is 52.0 Å². The molecule has 12 atom stereocenters. The second-order valence-corrected chi connectivity index (χ2v) is 23.1. The van der Waals surface area contributed by atoms with E-state index in [1.807, 2.05) is 0 Å². The van der Waals surface area contributed by atoms with Gasteiger partial charge in [-0.15, -0.1) is 0 Å². The van der Waals surface area contributed by atoms with Gasteiger partial charge in [-0.25, -0.2) is 0 Å². The van der Waals surface area contributed by atoms with Gasteiger partial charge in [0, 0.05) is 64.8 Å². The first-order valence-electron chi connectivity index (χ1n) is 30.5. The van der Waals surface area contributed by atoms with Gasteiger partial charge >= 0.3 is 23.9 Å². The predicted molar refractivity (Wildman–Crippen MR) is 342 cm³/mol. The Morgan fingerprint density at radius 1 is 0.434 bits per heavy atom. The van der Waals surface area contributed by atoms with Crippen molar-refractivity contribution in [3.8, 4) is 5.75 Å². The zero-order valence-electron chi connectivity index (χ0n) is 54.8. The highest BCUT2D eigenvalue weighted by atomic mass is 32.1. The molecule has 1 aromatic carbocycles. The number of benzene rings is 1. The van der Waals surface area contributed by atoms with E-state index in [1.54, 1.807) is 0 Å². The molecule has 0 radical (unpaired) electrons. The monoisotopic (exact) mass is 1430 g/mol. The van der Waals surface area contributed by atoms with E-state index < -0.39 is 248 Å². The Bertz CT molecular complexity index is 3120. The molecule has 0 aliphatic rings. The van der Waals surface area contributed by atoms with Gasteiger partial charge in [-0.2, -0.15) is 12.6 Å². The summed E-state index contributed by atoms with van der Waals surface area (Å²) in [6.45, 7) is 6.92. The quantitative estimate of drug-likeness (QED) is 0.0213. The SMILES string of the molecule is CC(=O)NC[C@H](NC(C)=O)C(=O)NCCCC(=O)N[C@@H](C)C(=O)N[C@@H](CCC(N)=O)C(=O)N[C@@H](CC(=O)O)C(=O)N[C@@H](CCC(=O)O)C(=O)N[C@@H](CS)C(=O)N[C@@H](CC(=O)O)C(=O)N[C@H](C(=O)N[C@H](C(=O)N[C@@H](CCC(=O)O)C(=O)N[C@@H](Cc1ccc(O)cc1)C(N)=O)[C@@H](C)O)C(C)C. The van der Waals surface area contributed by atoms with Crippen molar-refractivity contribution in [2.24, 2.45) is 17.4 Å². The van der Waals surface area contributed by atoms with E-state index in [2.05, 4.69) is 81.7 Å². The number of carboxylic acid groups (broad SMARTS) is 4. The third kappa shape index (κ3) is 34.2. The molecule has 0 fully saturated rings. The van der Waals surface area contributed by atoms with Gasteiger partial charge in [0.05, 0.1) is 18.9 Å². The third-order valence-electron chi connectivity index (χ3n) is 14.0. The van der Waals surface area contributed by atoms with Crippen LogP contribution >= 0.6 is 12.6 Å². The minimum absolute atomic E-state index is 0.00394. The van der Waals surface area contributed by atoms with Crippen molar-refractivity contribution in [1.29, 1.82) is 0 Å². The summed E-state index contributed by atoms with van der Waals surface area (Å²) in [6.07, 6.45) is -9.03. The van der Waals surface area contributed by atoms with Crippen LogP contribution < -0.4 is 80.6 Å². The van der Waals surface area contributed by atoms with E-state index in [0.717, 1.165) is 13.8 Å². The maximum absolute atomic E-state index is 13.9. The van der Waals surface area contributed by atoms with Gasteiger partial charge in [-0.1, -0.05) is 26.0 Å². The van der Waals surface area contributed by atoms with E-state index in [0.29, 0.717) is 5.56 Å². The van der Waals surface area contributed by atoms with Crippen LogP contribution in [-0.2, 0) is 97.5 Å². The van der Waals surface area contributed by atoms with Crippen molar-refractivity contribution in [3.63, 3.8) is 0 Å². The number of thiol groups is 1. The molecule has 0 aromatic heterocycles. The number of hydrogen-bond donors (Lipinski definition) is 22. The van der Waals surface area contributed by atoms with Gasteiger partial charge in [0.15, 0.2) is 0 Å². The van der Waals surface area contributed by atoms with E-state index in [9.17, 15) is 122 Å². The number of aromatic hydroxyl groups is 1. The van der Waals surface area contributed by atoms with Gasteiger partial charge in [0.1, 0.15) is 72.2 Å². The van der Waals surface area contributed by atoms with Crippen molar-refractivity contribution in [2.45, 2.75) is 185 Å². The molecule has 0 heterocycles. The number of aliphatic hydroxyl groups excluding tert-OH is 1. The first kappa shape index (κ1) is 86.3. The predicted octanol–water partition coefficient (Wildman–Crippen LogP) is -8.26. The number of rotatable bonds is 46. The highest BCUT2D eigenvalue weighted by Gasteiger charge is 2.38. The van der Waals surface area contributed by atoms with E-state index in [-0.39, 0.29) is 38.1 Å². The molecule has 40 nitrogen and oxygen atoms in total. The van der Waals surface area contributed by atoms with Gasteiger partial charge in [-0.3, -0.25) is 91.1 Å². The number of aliphatic carboxylic acids is 4. The van der Waals surface area contributed by atoms with E-state index >= 15 is 0 Å². The molecular formula is C58H87N15O25S. The smallest absolute Gasteiger partial charge is 0.305 e. The average Bonchev–Trinajstić information content (AvgIpc) is 0.876. The zero-order chi connectivity index (χ0) is 75.6. The second-order valence-electron chi connectivity index (χ2n) is 22.8. The van der Waals surface area contributed by atoms with Gasteiger partial charge in [0.2, 0.25) is 88.6 Å². The summed E-state index contributed by atoms with van der Waals surface area (Å²) >= 11 is 4.04. The molecule has 550 valence electrons. The maximum Gasteiger partial charge on any atom is 0.305 e. The molecule has 0 aliphatic heterocycles. The fourth-order valence-electron chi connectivity index (χ4n) is 8.70. The molecule has 0 saturated carbocycles. The number of carbonyl (C=O) groups excluding carboxylic acids is 15. The van der Waals surface area contributed by atoms with Gasteiger partial charge in [-0.05, 0) is 63.1 Å². The fourth-order valence-corrected chi connectivity index (χ4v) is 8.96. The standard InChI is InChI=1S/C58H87N15O25S/c1-25(2)46(57(97)73-47(27(4)74)58(98)67-34(15-18-43(82)83)51(91)68-35(48(60)88)20-30-9-11-31(77)12-10-30)72-55(95)37(22-45(86)87)70-56(96)39(24-99)71-53(93)33(14-17-42(80)81)66-54(94)36(21-44(84)85)69-52(92)32(13-16-40(59)78)65-49(89)26(3)63-41(79)8-7-19-61-50(90)38(64-29(6)76)23-62-28(5)75/h9-12,25-27,32-39,46-47,74,77,99H,7-8,13-24H2,1-6H3,(H2,59,78)(H2,60,88)(H,61,90)(H,62,75)(H,63,79)(H,64,76)(H,65,89)(H,66,94)(H,67,98)(H,68,91)(H,69,92)(H,70,96)(H,71,93)(H,72,95)(H,73,97)(H,80,81)(H,82,83)(H,84,85)(H,86,87)/t26-,27+,32-,33-,34-,35-,36-,37-,38-,39-,46-,47-/m0/s1. The zero-order valence-corrected chi connectivity index (χ0v) is 55.7.